The Morgan fingerprint density at radius 2 is 2.00 bits per heavy atom. The van der Waals surface area contributed by atoms with Crippen LogP contribution < -0.4 is 4.74 Å². The number of carbonyl (C=O) groups is 2. The minimum absolute atomic E-state index is 0.119. The fraction of sp³-hybridized carbons (Fsp3) is 0.500. The molecule has 9 nitrogen and oxygen atoms in total. The lowest BCUT2D eigenvalue weighted by Crippen LogP contribution is -2.43. The first kappa shape index (κ1) is 18.7. The number of esters is 2. The Morgan fingerprint density at radius 3 is 2.64 bits per heavy atom. The molecule has 0 aliphatic carbocycles. The first-order chi connectivity index (χ1) is 12.0. The Balaban J connectivity index is 2.45. The highest BCUT2D eigenvalue weighted by Gasteiger charge is 2.51. The molecule has 0 radical (unpaired) electrons. The summed E-state index contributed by atoms with van der Waals surface area (Å²) in [5, 5.41) is 1.26. The first-order valence-electron chi connectivity index (χ1n) is 7.82. The Kier molecular flexibility index (Phi) is 5.92. The fourth-order valence-corrected chi connectivity index (χ4v) is 2.34. The van der Waals surface area contributed by atoms with E-state index in [0.29, 0.717) is 11.4 Å². The van der Waals surface area contributed by atoms with E-state index < -0.39 is 24.1 Å². The normalized spacial score (nSPS) is 19.4. The first-order valence-corrected chi connectivity index (χ1v) is 7.82. The number of aromatic nitrogens is 1. The van der Waals surface area contributed by atoms with Gasteiger partial charge < -0.3 is 14.2 Å². The van der Waals surface area contributed by atoms with Crippen molar-refractivity contribution < 1.29 is 28.6 Å². The Morgan fingerprint density at radius 1 is 1.28 bits per heavy atom. The number of hydroxylamine groups is 2. The molecular formula is C16H21N3O6. The van der Waals surface area contributed by atoms with Crippen molar-refractivity contribution in [3.63, 3.8) is 0 Å². The molecule has 2 heterocycles. The summed E-state index contributed by atoms with van der Waals surface area (Å²) in [5.74, 6) is -0.705. The van der Waals surface area contributed by atoms with Gasteiger partial charge in [-0.2, -0.15) is 0 Å². The monoisotopic (exact) mass is 351 g/mol. The highest BCUT2D eigenvalue weighted by atomic mass is 16.7. The van der Waals surface area contributed by atoms with Crippen molar-refractivity contribution in [2.24, 2.45) is 4.99 Å². The number of aliphatic imine (C=N–C) groups is 1. The van der Waals surface area contributed by atoms with Crippen LogP contribution in [0, 0.1) is 0 Å². The summed E-state index contributed by atoms with van der Waals surface area (Å²) in [7, 11) is 3.05. The molecule has 0 saturated heterocycles. The predicted octanol–water partition coefficient (Wildman–Crippen LogP) is 0.926. The SMILES string of the molecule is CCOC(=O)CC1(C(=O)OCC)N=C(c2ncccc2OC)N(C)O1. The summed E-state index contributed by atoms with van der Waals surface area (Å²) in [6.07, 6.45) is 1.15. The molecular weight excluding hydrogens is 330 g/mol. The molecule has 1 aliphatic rings. The molecule has 9 heteroatoms. The van der Waals surface area contributed by atoms with Crippen LogP contribution in [0.15, 0.2) is 23.3 Å². The van der Waals surface area contributed by atoms with Gasteiger partial charge in [0, 0.05) is 13.2 Å². The van der Waals surface area contributed by atoms with Gasteiger partial charge in [-0.05, 0) is 26.0 Å². The van der Waals surface area contributed by atoms with Gasteiger partial charge in [0.25, 0.3) is 5.72 Å². The third kappa shape index (κ3) is 3.87. The Bertz CT molecular complexity index is 678. The maximum Gasteiger partial charge on any atom is 0.364 e. The number of carbonyl (C=O) groups excluding carboxylic acids is 2. The molecule has 136 valence electrons. The van der Waals surface area contributed by atoms with Crippen molar-refractivity contribution >= 4 is 17.8 Å². The van der Waals surface area contributed by atoms with Gasteiger partial charge in [-0.15, -0.1) is 0 Å². The van der Waals surface area contributed by atoms with Crippen molar-refractivity contribution in [2.75, 3.05) is 27.4 Å². The quantitative estimate of drug-likeness (QED) is 0.669. The van der Waals surface area contributed by atoms with Crippen LogP contribution in [0.5, 0.6) is 5.75 Å². The molecule has 0 spiro atoms. The van der Waals surface area contributed by atoms with Crippen LogP contribution in [-0.4, -0.2) is 60.9 Å². The minimum Gasteiger partial charge on any atom is -0.494 e. The van der Waals surface area contributed by atoms with E-state index in [2.05, 4.69) is 9.98 Å². The number of nitrogens with zero attached hydrogens (tertiary/aromatic N) is 3. The number of hydrogen-bond donors (Lipinski definition) is 0. The van der Waals surface area contributed by atoms with Gasteiger partial charge in [0.05, 0.1) is 20.3 Å². The molecule has 1 unspecified atom stereocenters. The number of rotatable bonds is 7. The molecule has 0 N–H and O–H groups in total. The van der Waals surface area contributed by atoms with Gasteiger partial charge in [0.2, 0.25) is 0 Å². The van der Waals surface area contributed by atoms with E-state index in [4.69, 9.17) is 19.0 Å². The van der Waals surface area contributed by atoms with Gasteiger partial charge in [0.15, 0.2) is 5.84 Å². The van der Waals surface area contributed by atoms with E-state index in [1.165, 1.54) is 12.2 Å². The number of ether oxygens (including phenoxy) is 3. The van der Waals surface area contributed by atoms with Gasteiger partial charge in [-0.25, -0.2) is 24.7 Å². The molecule has 0 amide bonds. The van der Waals surface area contributed by atoms with Crippen LogP contribution in [0.3, 0.4) is 0 Å². The van der Waals surface area contributed by atoms with Gasteiger partial charge in [-0.1, -0.05) is 0 Å². The maximum absolute atomic E-state index is 12.4. The third-order valence-corrected chi connectivity index (χ3v) is 3.36. The second kappa shape index (κ2) is 7.93. The van der Waals surface area contributed by atoms with Crippen LogP contribution in [0.2, 0.25) is 0 Å². The predicted molar refractivity (Wildman–Crippen MR) is 86.8 cm³/mol. The van der Waals surface area contributed by atoms with E-state index in [-0.39, 0.29) is 19.0 Å². The lowest BCUT2D eigenvalue weighted by Gasteiger charge is -2.23. The van der Waals surface area contributed by atoms with Crippen molar-refractivity contribution in [3.8, 4) is 5.75 Å². The highest BCUT2D eigenvalue weighted by molar-refractivity contribution is 6.02. The number of amidine groups is 1. The van der Waals surface area contributed by atoms with Crippen LogP contribution in [0.4, 0.5) is 0 Å². The second-order valence-electron chi connectivity index (χ2n) is 5.07. The zero-order valence-corrected chi connectivity index (χ0v) is 14.6. The van der Waals surface area contributed by atoms with Crippen LogP contribution in [0.25, 0.3) is 0 Å². The molecule has 0 saturated carbocycles. The lowest BCUT2D eigenvalue weighted by molar-refractivity contribution is -0.207. The molecule has 0 fully saturated rings. The van der Waals surface area contributed by atoms with Gasteiger partial charge >= 0.3 is 11.9 Å². The molecule has 1 aromatic rings. The van der Waals surface area contributed by atoms with E-state index >= 15 is 0 Å². The van der Waals surface area contributed by atoms with E-state index in [1.54, 1.807) is 39.2 Å². The van der Waals surface area contributed by atoms with Crippen molar-refractivity contribution in [1.29, 1.82) is 0 Å². The molecule has 0 aromatic carbocycles. The van der Waals surface area contributed by atoms with Gasteiger partial charge in [0.1, 0.15) is 17.9 Å². The van der Waals surface area contributed by atoms with Crippen LogP contribution >= 0.6 is 0 Å². The van der Waals surface area contributed by atoms with E-state index in [1.807, 2.05) is 0 Å². The average molecular weight is 351 g/mol. The minimum atomic E-state index is -1.85. The van der Waals surface area contributed by atoms with E-state index in [0.717, 1.165) is 0 Å². The lowest BCUT2D eigenvalue weighted by atomic mass is 10.1. The Hall–Kier alpha value is -2.68. The van der Waals surface area contributed by atoms with Crippen molar-refractivity contribution in [1.82, 2.24) is 10.0 Å². The molecule has 25 heavy (non-hydrogen) atoms. The van der Waals surface area contributed by atoms with Gasteiger partial charge in [-0.3, -0.25) is 4.79 Å². The second-order valence-corrected chi connectivity index (χ2v) is 5.07. The van der Waals surface area contributed by atoms with Crippen LogP contribution in [0.1, 0.15) is 26.0 Å². The molecule has 1 aliphatic heterocycles. The summed E-state index contributed by atoms with van der Waals surface area (Å²) >= 11 is 0. The summed E-state index contributed by atoms with van der Waals surface area (Å²) in [6, 6.07) is 3.41. The summed E-state index contributed by atoms with van der Waals surface area (Å²) in [6.45, 7) is 3.62. The van der Waals surface area contributed by atoms with E-state index in [9.17, 15) is 9.59 Å². The molecule has 0 bridgehead atoms. The van der Waals surface area contributed by atoms with Crippen LogP contribution in [-0.2, 0) is 23.9 Å². The average Bonchev–Trinajstić information content (AvgIpc) is 2.92. The maximum atomic E-state index is 12.4. The topological polar surface area (TPSA) is 99.6 Å². The molecule has 1 atom stereocenters. The smallest absolute Gasteiger partial charge is 0.364 e. The summed E-state index contributed by atoms with van der Waals surface area (Å²) < 4.78 is 15.2. The number of methoxy groups -OCH3 is 1. The zero-order valence-electron chi connectivity index (χ0n) is 14.6. The molecule has 2 rings (SSSR count). The largest absolute Gasteiger partial charge is 0.494 e. The zero-order chi connectivity index (χ0) is 18.4. The number of pyridine rings is 1. The standard InChI is InChI=1S/C16H21N3O6/c1-5-23-12(20)10-16(15(21)24-6-2)18-14(19(3)25-16)13-11(22-4)8-7-9-17-13/h7-9H,5-6,10H2,1-4H3. The summed E-state index contributed by atoms with van der Waals surface area (Å²) in [4.78, 5) is 38.5. The fourth-order valence-electron chi connectivity index (χ4n) is 2.34. The van der Waals surface area contributed by atoms with Crippen molar-refractivity contribution in [2.45, 2.75) is 26.0 Å². The summed E-state index contributed by atoms with van der Waals surface area (Å²) in [5.41, 5.74) is -1.47. The Labute approximate surface area is 145 Å². The molecule has 1 aromatic heterocycles. The number of hydrogen-bond acceptors (Lipinski definition) is 9. The van der Waals surface area contributed by atoms with Crippen molar-refractivity contribution in [3.05, 3.63) is 24.0 Å². The highest BCUT2D eigenvalue weighted by Crippen LogP contribution is 2.32. The third-order valence-electron chi connectivity index (χ3n) is 3.36.